The van der Waals surface area contributed by atoms with Gasteiger partial charge in [0.05, 0.1) is 19.4 Å². The summed E-state index contributed by atoms with van der Waals surface area (Å²) in [5.41, 5.74) is 1.79. The van der Waals surface area contributed by atoms with Gasteiger partial charge < -0.3 is 4.74 Å². The molecular formula is C15H15F2N3O4S. The Morgan fingerprint density at radius 3 is 2.96 bits per heavy atom. The van der Waals surface area contributed by atoms with E-state index in [1.807, 2.05) is 10.8 Å². The zero-order valence-corrected chi connectivity index (χ0v) is 13.8. The summed E-state index contributed by atoms with van der Waals surface area (Å²) in [6.45, 7) is 0.0397. The fourth-order valence-corrected chi connectivity index (χ4v) is 3.49. The lowest BCUT2D eigenvalue weighted by Gasteiger charge is -2.19. The number of carbonyl (C=O) groups is 1. The van der Waals surface area contributed by atoms with Gasteiger partial charge in [0, 0.05) is 11.8 Å². The number of sulfonamides is 1. The van der Waals surface area contributed by atoms with Crippen molar-refractivity contribution in [3.63, 3.8) is 0 Å². The summed E-state index contributed by atoms with van der Waals surface area (Å²) < 4.78 is 57.3. The molecule has 1 N–H and O–H groups in total. The van der Waals surface area contributed by atoms with E-state index in [2.05, 4.69) is 5.10 Å². The normalized spacial score (nSPS) is 14.4. The summed E-state index contributed by atoms with van der Waals surface area (Å²) in [7, 11) is -4.22. The molecular weight excluding hydrogens is 356 g/mol. The number of nitrogens with one attached hydrogen (secondary N) is 1. The van der Waals surface area contributed by atoms with E-state index < -0.39 is 28.9 Å². The van der Waals surface area contributed by atoms with Gasteiger partial charge in [0.15, 0.2) is 0 Å². The van der Waals surface area contributed by atoms with Crippen molar-refractivity contribution in [2.75, 3.05) is 6.61 Å². The molecule has 1 aromatic heterocycles. The fourth-order valence-electron chi connectivity index (χ4n) is 2.57. The molecule has 0 atom stereocenters. The van der Waals surface area contributed by atoms with Gasteiger partial charge in [-0.3, -0.25) is 9.48 Å². The first-order chi connectivity index (χ1) is 11.9. The summed E-state index contributed by atoms with van der Waals surface area (Å²) in [5.74, 6) is -0.802. The Balaban J connectivity index is 1.81. The SMILES string of the molecule is O=C(NS(=O)(=O)c1cnn(CC(F)F)c1)c1cccc2c1COCC2. The van der Waals surface area contributed by atoms with Crippen LogP contribution in [0.25, 0.3) is 0 Å². The van der Waals surface area contributed by atoms with Crippen LogP contribution >= 0.6 is 0 Å². The van der Waals surface area contributed by atoms with E-state index in [0.29, 0.717) is 18.6 Å². The fraction of sp³-hybridized carbons (Fsp3) is 0.333. The molecule has 1 aliphatic rings. The number of aromatic nitrogens is 2. The predicted octanol–water partition coefficient (Wildman–Crippen LogP) is 1.34. The van der Waals surface area contributed by atoms with Crippen molar-refractivity contribution < 1.29 is 26.7 Å². The van der Waals surface area contributed by atoms with E-state index in [1.54, 1.807) is 6.07 Å². The topological polar surface area (TPSA) is 90.3 Å². The van der Waals surface area contributed by atoms with Crippen molar-refractivity contribution in [3.8, 4) is 0 Å². The van der Waals surface area contributed by atoms with E-state index in [4.69, 9.17) is 4.74 Å². The minimum absolute atomic E-state index is 0.209. The molecule has 1 aliphatic heterocycles. The van der Waals surface area contributed by atoms with Gasteiger partial charge in [-0.2, -0.15) is 5.10 Å². The Morgan fingerprint density at radius 1 is 1.40 bits per heavy atom. The summed E-state index contributed by atoms with van der Waals surface area (Å²) in [5, 5.41) is 3.56. The largest absolute Gasteiger partial charge is 0.376 e. The van der Waals surface area contributed by atoms with E-state index >= 15 is 0 Å². The third-order valence-electron chi connectivity index (χ3n) is 3.75. The molecule has 3 rings (SSSR count). The number of carbonyl (C=O) groups excluding carboxylic acids is 1. The highest BCUT2D eigenvalue weighted by Gasteiger charge is 2.24. The highest BCUT2D eigenvalue weighted by molar-refractivity contribution is 7.90. The second-order valence-electron chi connectivity index (χ2n) is 5.47. The number of hydrogen-bond donors (Lipinski definition) is 1. The molecule has 1 aromatic carbocycles. The van der Waals surface area contributed by atoms with Crippen LogP contribution in [0.4, 0.5) is 8.78 Å². The Hall–Kier alpha value is -2.33. The van der Waals surface area contributed by atoms with E-state index in [0.717, 1.165) is 22.6 Å². The molecule has 1 amide bonds. The molecule has 10 heteroatoms. The molecule has 0 radical (unpaired) electrons. The summed E-state index contributed by atoms with van der Waals surface area (Å²) >= 11 is 0. The van der Waals surface area contributed by atoms with Crippen LogP contribution in [0.2, 0.25) is 0 Å². The summed E-state index contributed by atoms with van der Waals surface area (Å²) in [6, 6.07) is 5.04. The first kappa shape index (κ1) is 17.5. The van der Waals surface area contributed by atoms with Crippen LogP contribution in [0.1, 0.15) is 21.5 Å². The quantitative estimate of drug-likeness (QED) is 0.857. The molecule has 134 valence electrons. The van der Waals surface area contributed by atoms with E-state index in [9.17, 15) is 22.0 Å². The molecule has 7 nitrogen and oxygen atoms in total. The maximum absolute atomic E-state index is 12.4. The molecule has 0 saturated heterocycles. The summed E-state index contributed by atoms with van der Waals surface area (Å²) in [4.78, 5) is 12.0. The van der Waals surface area contributed by atoms with Crippen molar-refractivity contribution >= 4 is 15.9 Å². The minimum atomic E-state index is -4.22. The molecule has 0 aliphatic carbocycles. The molecule has 25 heavy (non-hydrogen) atoms. The Morgan fingerprint density at radius 2 is 2.20 bits per heavy atom. The van der Waals surface area contributed by atoms with Gasteiger partial charge in [0.25, 0.3) is 22.4 Å². The monoisotopic (exact) mass is 371 g/mol. The van der Waals surface area contributed by atoms with Crippen molar-refractivity contribution in [1.82, 2.24) is 14.5 Å². The predicted molar refractivity (Wildman–Crippen MR) is 82.7 cm³/mol. The minimum Gasteiger partial charge on any atom is -0.376 e. The molecule has 0 saturated carbocycles. The Labute approximate surface area is 142 Å². The number of nitrogens with zero attached hydrogens (tertiary/aromatic N) is 2. The number of halogens is 2. The van der Waals surface area contributed by atoms with Crippen LogP contribution in [0.3, 0.4) is 0 Å². The molecule has 0 unspecified atom stereocenters. The zero-order chi connectivity index (χ0) is 18.0. The first-order valence-electron chi connectivity index (χ1n) is 7.43. The van der Waals surface area contributed by atoms with Crippen molar-refractivity contribution in [3.05, 3.63) is 47.3 Å². The van der Waals surface area contributed by atoms with E-state index in [-0.39, 0.29) is 17.1 Å². The second-order valence-corrected chi connectivity index (χ2v) is 7.15. The lowest BCUT2D eigenvalue weighted by molar-refractivity contribution is 0.0950. The lowest BCUT2D eigenvalue weighted by atomic mass is 9.97. The number of alkyl halides is 2. The van der Waals surface area contributed by atoms with Crippen LogP contribution in [0.5, 0.6) is 0 Å². The summed E-state index contributed by atoms with van der Waals surface area (Å²) in [6.07, 6.45) is -0.155. The average Bonchev–Trinajstić information content (AvgIpc) is 3.02. The number of hydrogen-bond acceptors (Lipinski definition) is 5. The smallest absolute Gasteiger partial charge is 0.267 e. The standard InChI is InChI=1S/C15H15F2N3O4S/c16-14(17)8-20-7-11(6-18-20)25(22,23)19-15(21)12-3-1-2-10-4-5-24-9-13(10)12/h1-3,6-7,14H,4-5,8-9H2,(H,19,21). The van der Waals surface area contributed by atoms with Crippen molar-refractivity contribution in [2.24, 2.45) is 0 Å². The third kappa shape index (κ3) is 3.85. The molecule has 0 fully saturated rings. The molecule has 2 heterocycles. The van der Waals surface area contributed by atoms with Crippen LogP contribution in [0.15, 0.2) is 35.5 Å². The van der Waals surface area contributed by atoms with Crippen LogP contribution in [-0.4, -0.2) is 37.1 Å². The highest BCUT2D eigenvalue weighted by atomic mass is 32.2. The number of fused-ring (bicyclic) bond motifs is 1. The third-order valence-corrected chi connectivity index (χ3v) is 5.04. The molecule has 2 aromatic rings. The van der Waals surface area contributed by atoms with Gasteiger partial charge in [-0.25, -0.2) is 21.9 Å². The van der Waals surface area contributed by atoms with Crippen molar-refractivity contribution in [2.45, 2.75) is 30.9 Å². The maximum Gasteiger partial charge on any atom is 0.267 e. The van der Waals surface area contributed by atoms with Gasteiger partial charge >= 0.3 is 0 Å². The number of benzene rings is 1. The molecule has 0 spiro atoms. The van der Waals surface area contributed by atoms with Crippen molar-refractivity contribution in [1.29, 1.82) is 0 Å². The number of ether oxygens (including phenoxy) is 1. The Bertz CT molecular complexity index is 896. The number of amides is 1. The van der Waals surface area contributed by atoms with Gasteiger partial charge in [0.2, 0.25) is 0 Å². The average molecular weight is 371 g/mol. The number of rotatable bonds is 5. The van der Waals surface area contributed by atoms with Gasteiger partial charge in [-0.15, -0.1) is 0 Å². The van der Waals surface area contributed by atoms with Crippen LogP contribution in [0, 0.1) is 0 Å². The zero-order valence-electron chi connectivity index (χ0n) is 13.0. The van der Waals surface area contributed by atoms with Gasteiger partial charge in [-0.1, -0.05) is 12.1 Å². The van der Waals surface area contributed by atoms with Gasteiger partial charge in [-0.05, 0) is 23.6 Å². The van der Waals surface area contributed by atoms with Crippen LogP contribution < -0.4 is 4.72 Å². The molecule has 0 bridgehead atoms. The lowest BCUT2D eigenvalue weighted by Crippen LogP contribution is -2.32. The maximum atomic E-state index is 12.4. The first-order valence-corrected chi connectivity index (χ1v) is 8.91. The van der Waals surface area contributed by atoms with Gasteiger partial charge in [0.1, 0.15) is 11.4 Å². The Kier molecular flexibility index (Phi) is 4.82. The highest BCUT2D eigenvalue weighted by Crippen LogP contribution is 2.21. The second kappa shape index (κ2) is 6.89. The van der Waals surface area contributed by atoms with E-state index in [1.165, 1.54) is 6.07 Å². The van der Waals surface area contributed by atoms with Crippen LogP contribution in [-0.2, 0) is 34.3 Å².